The highest BCUT2D eigenvalue weighted by Gasteiger charge is 2.24. The number of aromatic nitrogens is 1. The molecule has 0 unspecified atom stereocenters. The summed E-state index contributed by atoms with van der Waals surface area (Å²) in [6.45, 7) is 6.51. The van der Waals surface area contributed by atoms with E-state index in [-0.39, 0.29) is 18.1 Å². The Morgan fingerprint density at radius 3 is 2.79 bits per heavy atom. The number of piperidine rings is 1. The Kier molecular flexibility index (Phi) is 6.23. The van der Waals surface area contributed by atoms with E-state index in [0.717, 1.165) is 49.4 Å². The van der Waals surface area contributed by atoms with Crippen molar-refractivity contribution in [3.8, 4) is 5.75 Å². The number of hydrogen-bond acceptors (Lipinski definition) is 6. The number of amides is 1. The Hall–Kier alpha value is -2.28. The van der Waals surface area contributed by atoms with Gasteiger partial charge in [0.2, 0.25) is 5.91 Å². The first-order valence-electron chi connectivity index (χ1n) is 10.7. The molecule has 2 aromatic rings. The number of carbonyl (C=O) groups is 1. The first-order valence-corrected chi connectivity index (χ1v) is 10.7. The third-order valence-electron chi connectivity index (χ3n) is 5.80. The van der Waals surface area contributed by atoms with Gasteiger partial charge in [-0.05, 0) is 50.7 Å². The molecule has 2 aliphatic rings. The molecule has 7 nitrogen and oxygen atoms in total. The first kappa shape index (κ1) is 20.0. The van der Waals surface area contributed by atoms with E-state index in [9.17, 15) is 4.79 Å². The lowest BCUT2D eigenvalue weighted by Gasteiger charge is -2.31. The number of rotatable bonds is 8. The van der Waals surface area contributed by atoms with Crippen molar-refractivity contribution >= 4 is 23.0 Å². The van der Waals surface area contributed by atoms with E-state index in [1.165, 1.54) is 26.2 Å². The predicted octanol–water partition coefficient (Wildman–Crippen LogP) is 3.52. The number of oxazole rings is 1. The summed E-state index contributed by atoms with van der Waals surface area (Å²) in [4.78, 5) is 17.9. The maximum atomic E-state index is 11.1. The summed E-state index contributed by atoms with van der Waals surface area (Å²) in [5.41, 5.74) is 1.63. The normalized spacial score (nSPS) is 19.2. The predicted molar refractivity (Wildman–Crippen MR) is 111 cm³/mol. The van der Waals surface area contributed by atoms with E-state index in [2.05, 4.69) is 15.2 Å². The van der Waals surface area contributed by atoms with Crippen molar-refractivity contribution in [3.63, 3.8) is 0 Å². The van der Waals surface area contributed by atoms with Gasteiger partial charge in [0.25, 0.3) is 6.01 Å². The molecule has 1 aliphatic heterocycles. The molecule has 1 atom stereocenters. The summed E-state index contributed by atoms with van der Waals surface area (Å²) in [5, 5.41) is 2.85. The molecule has 0 radical (unpaired) electrons. The lowest BCUT2D eigenvalue weighted by atomic mass is 9.86. The SMILES string of the molecule is CC(=O)N[C@@H](C)COC1CCN(c2nc3cc(OCC4CCC4)ccc3o2)CC1. The van der Waals surface area contributed by atoms with E-state index in [1.807, 2.05) is 25.1 Å². The fourth-order valence-electron chi connectivity index (χ4n) is 3.88. The van der Waals surface area contributed by atoms with Gasteiger partial charge in [0.05, 0.1) is 19.3 Å². The van der Waals surface area contributed by atoms with Crippen LogP contribution in [0.4, 0.5) is 6.01 Å². The fraction of sp³-hybridized carbons (Fsp3) is 0.636. The molecule has 1 aromatic carbocycles. The second-order valence-electron chi connectivity index (χ2n) is 8.36. The number of carbonyl (C=O) groups excluding carboxylic acids is 1. The van der Waals surface area contributed by atoms with Crippen molar-refractivity contribution in [2.24, 2.45) is 5.92 Å². The Balaban J connectivity index is 1.28. The second kappa shape index (κ2) is 9.03. The van der Waals surface area contributed by atoms with Gasteiger partial charge >= 0.3 is 0 Å². The van der Waals surface area contributed by atoms with Gasteiger partial charge in [0.1, 0.15) is 11.3 Å². The van der Waals surface area contributed by atoms with Crippen LogP contribution in [0.15, 0.2) is 22.6 Å². The minimum absolute atomic E-state index is 0.0246. The number of nitrogens with zero attached hydrogens (tertiary/aromatic N) is 2. The molecule has 1 N–H and O–H groups in total. The molecule has 0 bridgehead atoms. The van der Waals surface area contributed by atoms with Gasteiger partial charge in [0, 0.05) is 32.1 Å². The van der Waals surface area contributed by atoms with Gasteiger partial charge in [-0.2, -0.15) is 4.98 Å². The van der Waals surface area contributed by atoms with Crippen LogP contribution in [-0.2, 0) is 9.53 Å². The number of benzene rings is 1. The number of hydrogen-bond donors (Lipinski definition) is 1. The van der Waals surface area contributed by atoms with Gasteiger partial charge < -0.3 is 24.1 Å². The van der Waals surface area contributed by atoms with Crippen molar-refractivity contribution in [1.29, 1.82) is 0 Å². The van der Waals surface area contributed by atoms with Crippen LogP contribution < -0.4 is 15.0 Å². The molecule has 158 valence electrons. The van der Waals surface area contributed by atoms with Gasteiger partial charge in [-0.3, -0.25) is 4.79 Å². The third-order valence-corrected chi connectivity index (χ3v) is 5.80. The summed E-state index contributed by atoms with van der Waals surface area (Å²) in [7, 11) is 0. The summed E-state index contributed by atoms with van der Waals surface area (Å²) in [6.07, 6.45) is 5.93. The van der Waals surface area contributed by atoms with Crippen molar-refractivity contribution in [2.75, 3.05) is 31.2 Å². The highest BCUT2D eigenvalue weighted by Crippen LogP contribution is 2.30. The summed E-state index contributed by atoms with van der Waals surface area (Å²) in [6, 6.07) is 6.58. The van der Waals surface area contributed by atoms with E-state index in [0.29, 0.717) is 18.5 Å². The zero-order valence-electron chi connectivity index (χ0n) is 17.4. The van der Waals surface area contributed by atoms with Crippen LogP contribution in [0.3, 0.4) is 0 Å². The zero-order chi connectivity index (χ0) is 20.2. The van der Waals surface area contributed by atoms with Crippen LogP contribution >= 0.6 is 0 Å². The van der Waals surface area contributed by atoms with Crippen LogP contribution in [0.2, 0.25) is 0 Å². The number of nitrogens with one attached hydrogen (secondary N) is 1. The van der Waals surface area contributed by atoms with Crippen LogP contribution in [0.5, 0.6) is 5.75 Å². The molecule has 1 saturated heterocycles. The maximum absolute atomic E-state index is 11.1. The third kappa shape index (κ3) is 5.21. The summed E-state index contributed by atoms with van der Waals surface area (Å²) >= 11 is 0. The molecule has 1 aromatic heterocycles. The maximum Gasteiger partial charge on any atom is 0.298 e. The Bertz CT molecular complexity index is 825. The largest absolute Gasteiger partial charge is 0.493 e. The van der Waals surface area contributed by atoms with E-state index in [1.54, 1.807) is 0 Å². The number of ether oxygens (including phenoxy) is 2. The minimum Gasteiger partial charge on any atom is -0.493 e. The highest BCUT2D eigenvalue weighted by molar-refractivity contribution is 5.76. The van der Waals surface area contributed by atoms with Crippen molar-refractivity contribution in [3.05, 3.63) is 18.2 Å². The molecule has 2 heterocycles. The second-order valence-corrected chi connectivity index (χ2v) is 8.36. The molecular formula is C22H31N3O4. The molecular weight excluding hydrogens is 370 g/mol. The lowest BCUT2D eigenvalue weighted by Crippen LogP contribution is -2.40. The van der Waals surface area contributed by atoms with E-state index < -0.39 is 0 Å². The molecule has 1 amide bonds. The highest BCUT2D eigenvalue weighted by atomic mass is 16.5. The Morgan fingerprint density at radius 2 is 2.10 bits per heavy atom. The molecule has 2 fully saturated rings. The number of anilines is 1. The molecule has 4 rings (SSSR count). The molecule has 0 spiro atoms. The smallest absolute Gasteiger partial charge is 0.298 e. The van der Waals surface area contributed by atoms with Crippen LogP contribution in [-0.4, -0.2) is 49.3 Å². The molecule has 1 aliphatic carbocycles. The fourth-order valence-corrected chi connectivity index (χ4v) is 3.88. The monoisotopic (exact) mass is 401 g/mol. The van der Waals surface area contributed by atoms with Crippen LogP contribution in [0.1, 0.15) is 46.0 Å². The number of fused-ring (bicyclic) bond motifs is 1. The van der Waals surface area contributed by atoms with Gasteiger partial charge in [-0.1, -0.05) is 6.42 Å². The molecule has 7 heteroatoms. The summed E-state index contributed by atoms with van der Waals surface area (Å²) < 4.78 is 17.8. The van der Waals surface area contributed by atoms with Gasteiger partial charge in [0.15, 0.2) is 5.58 Å². The molecule has 1 saturated carbocycles. The Labute approximate surface area is 171 Å². The van der Waals surface area contributed by atoms with Gasteiger partial charge in [-0.25, -0.2) is 0 Å². The van der Waals surface area contributed by atoms with E-state index >= 15 is 0 Å². The van der Waals surface area contributed by atoms with Crippen molar-refractivity contribution in [1.82, 2.24) is 10.3 Å². The van der Waals surface area contributed by atoms with Crippen LogP contribution in [0.25, 0.3) is 11.1 Å². The van der Waals surface area contributed by atoms with E-state index in [4.69, 9.17) is 13.9 Å². The standard InChI is InChI=1S/C22H31N3O4/c1-15(23-16(2)26)13-27-18-8-10-25(11-9-18)22-24-20-12-19(6-7-21(20)29-22)28-14-17-4-3-5-17/h6-7,12,15,17-18H,3-5,8-11,13-14H2,1-2H3,(H,23,26)/t15-/m0/s1. The topological polar surface area (TPSA) is 76.8 Å². The van der Waals surface area contributed by atoms with Crippen molar-refractivity contribution in [2.45, 2.75) is 58.1 Å². The van der Waals surface area contributed by atoms with Gasteiger partial charge in [-0.15, -0.1) is 0 Å². The summed E-state index contributed by atoms with van der Waals surface area (Å²) in [5.74, 6) is 1.55. The molecule has 29 heavy (non-hydrogen) atoms. The quantitative estimate of drug-likeness (QED) is 0.729. The first-order chi connectivity index (χ1) is 14.1. The Morgan fingerprint density at radius 1 is 1.31 bits per heavy atom. The van der Waals surface area contributed by atoms with Crippen LogP contribution in [0, 0.1) is 5.92 Å². The van der Waals surface area contributed by atoms with Crippen molar-refractivity contribution < 1.29 is 18.7 Å². The lowest BCUT2D eigenvalue weighted by molar-refractivity contribution is -0.120. The average molecular weight is 402 g/mol. The minimum atomic E-state index is -0.0246. The zero-order valence-corrected chi connectivity index (χ0v) is 17.4. The average Bonchev–Trinajstić information content (AvgIpc) is 3.08.